The number of hydrogen-bond donors (Lipinski definition) is 1. The number of amides is 2. The van der Waals surface area contributed by atoms with Crippen molar-refractivity contribution in [1.82, 2.24) is 10.2 Å². The lowest BCUT2D eigenvalue weighted by Crippen LogP contribution is -2.47. The third-order valence-corrected chi connectivity index (χ3v) is 3.03. The van der Waals surface area contributed by atoms with Crippen LogP contribution in [0, 0.1) is 31.2 Å². The maximum atomic E-state index is 12.7. The van der Waals surface area contributed by atoms with E-state index in [1.54, 1.807) is 44.9 Å². The molecule has 0 unspecified atom stereocenters. The molecule has 5 heteroatoms. The van der Waals surface area contributed by atoms with Gasteiger partial charge in [-0.05, 0) is 67.7 Å². The van der Waals surface area contributed by atoms with Crippen LogP contribution in [-0.4, -0.2) is 34.6 Å². The molecule has 0 atom stereocenters. The third-order valence-electron chi connectivity index (χ3n) is 3.03. The molecular weight excluding hydrogens is 280 g/mol. The number of rotatable bonds is 4. The summed E-state index contributed by atoms with van der Waals surface area (Å²) in [6, 6.07) is 0.638. The molecule has 1 aliphatic rings. The summed E-state index contributed by atoms with van der Waals surface area (Å²) < 4.78 is 5.23. The van der Waals surface area contributed by atoms with Gasteiger partial charge in [-0.1, -0.05) is 0 Å². The lowest BCUT2D eigenvalue weighted by Gasteiger charge is -2.34. The van der Waals surface area contributed by atoms with Crippen molar-refractivity contribution in [3.8, 4) is 0 Å². The van der Waals surface area contributed by atoms with Gasteiger partial charge in [-0.2, -0.15) is 0 Å². The minimum absolute atomic E-state index is 0.0803. The van der Waals surface area contributed by atoms with Crippen molar-refractivity contribution in [2.75, 3.05) is 0 Å². The van der Waals surface area contributed by atoms with E-state index in [9.17, 15) is 9.59 Å². The number of ether oxygens (including phenoxy) is 1. The highest BCUT2D eigenvalue weighted by atomic mass is 16.6. The Morgan fingerprint density at radius 2 is 1.64 bits per heavy atom. The van der Waals surface area contributed by atoms with E-state index in [1.165, 1.54) is 0 Å². The molecular formula is C17H27N2O3. The molecule has 1 rings (SSSR count). The summed E-state index contributed by atoms with van der Waals surface area (Å²) in [6.45, 7) is 13.3. The van der Waals surface area contributed by atoms with E-state index < -0.39 is 11.7 Å². The zero-order chi connectivity index (χ0) is 17.1. The van der Waals surface area contributed by atoms with Crippen LogP contribution in [0.4, 0.5) is 4.79 Å². The molecule has 123 valence electrons. The number of hydrogen-bond acceptors (Lipinski definition) is 3. The fraction of sp³-hybridized carbons (Fsp3) is 0.588. The van der Waals surface area contributed by atoms with Crippen molar-refractivity contribution >= 4 is 12.0 Å². The fourth-order valence-corrected chi connectivity index (χ4v) is 2.33. The number of alkyl carbamates (subject to hydrolysis) is 1. The van der Waals surface area contributed by atoms with Gasteiger partial charge >= 0.3 is 6.09 Å². The average Bonchev–Trinajstić information content (AvgIpc) is 2.72. The number of carbonyl (C=O) groups is 2. The second kappa shape index (κ2) is 7.34. The first-order valence-corrected chi connectivity index (χ1v) is 7.61. The minimum atomic E-state index is -0.581. The van der Waals surface area contributed by atoms with E-state index in [0.717, 1.165) is 0 Å². The standard InChI is InChI=1S/C17H27N2O3/c1-11(2)19(12(3)4)15(20)13-9-8-10-14(13)18-16(21)22-17(5,6)7/h8-12H,1-7H3,(H,18,21). The number of nitrogens with zero attached hydrogens (tertiary/aromatic N) is 1. The average molecular weight is 307 g/mol. The molecule has 0 aromatic heterocycles. The van der Waals surface area contributed by atoms with E-state index in [1.807, 2.05) is 27.7 Å². The molecule has 5 radical (unpaired) electrons. The number of nitrogens with one attached hydrogen (secondary N) is 1. The van der Waals surface area contributed by atoms with E-state index in [4.69, 9.17) is 4.74 Å². The van der Waals surface area contributed by atoms with Gasteiger partial charge < -0.3 is 15.0 Å². The van der Waals surface area contributed by atoms with Crippen LogP contribution in [0.15, 0.2) is 0 Å². The van der Waals surface area contributed by atoms with Gasteiger partial charge in [0, 0.05) is 12.1 Å². The van der Waals surface area contributed by atoms with Crippen molar-refractivity contribution in [3.05, 3.63) is 31.2 Å². The Kier molecular flexibility index (Phi) is 6.27. The zero-order valence-electron chi connectivity index (χ0n) is 14.6. The van der Waals surface area contributed by atoms with Gasteiger partial charge in [0.25, 0.3) is 0 Å². The van der Waals surface area contributed by atoms with Crippen LogP contribution in [0.25, 0.3) is 0 Å². The highest BCUT2D eigenvalue weighted by Crippen LogP contribution is 2.33. The highest BCUT2D eigenvalue weighted by Gasteiger charge is 2.40. The van der Waals surface area contributed by atoms with E-state index >= 15 is 0 Å². The summed E-state index contributed by atoms with van der Waals surface area (Å²) in [6.07, 6.45) is 4.61. The fourth-order valence-electron chi connectivity index (χ4n) is 2.33. The molecule has 2 amide bonds. The van der Waals surface area contributed by atoms with Crippen LogP contribution in [0.1, 0.15) is 48.5 Å². The van der Waals surface area contributed by atoms with Gasteiger partial charge in [-0.15, -0.1) is 0 Å². The Morgan fingerprint density at radius 3 is 2.09 bits per heavy atom. The maximum absolute atomic E-state index is 12.7. The van der Waals surface area contributed by atoms with Crippen LogP contribution >= 0.6 is 0 Å². The molecule has 1 fully saturated rings. The van der Waals surface area contributed by atoms with Crippen LogP contribution < -0.4 is 5.32 Å². The molecule has 1 N–H and O–H groups in total. The zero-order valence-corrected chi connectivity index (χ0v) is 14.6. The SMILES string of the molecule is CC(C)N(C(=O)[C]1[CH][CH][CH][C]1NC(=O)OC(C)(C)C)C(C)C. The van der Waals surface area contributed by atoms with Crippen LogP contribution in [-0.2, 0) is 9.53 Å². The normalized spacial score (nSPS) is 17.1. The summed E-state index contributed by atoms with van der Waals surface area (Å²) in [7, 11) is 0. The van der Waals surface area contributed by atoms with Crippen LogP contribution in [0.3, 0.4) is 0 Å². The van der Waals surface area contributed by atoms with Gasteiger partial charge in [0.2, 0.25) is 5.91 Å². The summed E-state index contributed by atoms with van der Waals surface area (Å²) in [5, 5.41) is 2.65. The Morgan fingerprint density at radius 1 is 1.09 bits per heavy atom. The van der Waals surface area contributed by atoms with Crippen LogP contribution in [0.5, 0.6) is 0 Å². The van der Waals surface area contributed by atoms with Gasteiger partial charge in [-0.3, -0.25) is 4.79 Å². The summed E-state index contributed by atoms with van der Waals surface area (Å²) >= 11 is 0. The molecule has 0 bridgehead atoms. The molecule has 0 spiro atoms. The van der Waals surface area contributed by atoms with E-state index in [2.05, 4.69) is 5.32 Å². The van der Waals surface area contributed by atoms with Crippen molar-refractivity contribution in [2.24, 2.45) is 0 Å². The van der Waals surface area contributed by atoms with Crippen LogP contribution in [0.2, 0.25) is 0 Å². The van der Waals surface area contributed by atoms with Gasteiger partial charge in [0.05, 0.1) is 12.0 Å². The topological polar surface area (TPSA) is 58.6 Å². The Bertz CT molecular complexity index is 391. The molecule has 0 aromatic carbocycles. The van der Waals surface area contributed by atoms with Crippen molar-refractivity contribution in [1.29, 1.82) is 0 Å². The predicted molar refractivity (Wildman–Crippen MR) is 85.9 cm³/mol. The third kappa shape index (κ3) is 5.18. The Hall–Kier alpha value is -1.26. The summed E-state index contributed by atoms with van der Waals surface area (Å²) in [5.74, 6) is 0.384. The Labute approximate surface area is 134 Å². The second-order valence-electron chi connectivity index (χ2n) is 6.88. The Balaban J connectivity index is 2.73. The monoisotopic (exact) mass is 307 g/mol. The lowest BCUT2D eigenvalue weighted by molar-refractivity contribution is -0.132. The van der Waals surface area contributed by atoms with E-state index in [-0.39, 0.29) is 18.0 Å². The van der Waals surface area contributed by atoms with Crippen molar-refractivity contribution in [2.45, 2.75) is 66.2 Å². The van der Waals surface area contributed by atoms with E-state index in [0.29, 0.717) is 12.0 Å². The predicted octanol–water partition coefficient (Wildman–Crippen LogP) is 2.89. The second-order valence-corrected chi connectivity index (χ2v) is 6.88. The highest BCUT2D eigenvalue weighted by molar-refractivity contribution is 5.98. The first-order chi connectivity index (χ1) is 10.0. The minimum Gasteiger partial charge on any atom is -0.444 e. The molecule has 0 heterocycles. The summed E-state index contributed by atoms with van der Waals surface area (Å²) in [5.41, 5.74) is -0.581. The van der Waals surface area contributed by atoms with Gasteiger partial charge in [-0.25, -0.2) is 4.79 Å². The van der Waals surface area contributed by atoms with Gasteiger partial charge in [0.15, 0.2) is 0 Å². The molecule has 0 aromatic rings. The molecule has 22 heavy (non-hydrogen) atoms. The smallest absolute Gasteiger partial charge is 0.408 e. The molecule has 1 aliphatic carbocycles. The molecule has 0 saturated heterocycles. The number of carbonyl (C=O) groups excluding carboxylic acids is 2. The quantitative estimate of drug-likeness (QED) is 0.869. The maximum Gasteiger partial charge on any atom is 0.408 e. The van der Waals surface area contributed by atoms with Crippen molar-refractivity contribution in [3.63, 3.8) is 0 Å². The lowest BCUT2D eigenvalue weighted by atomic mass is 10.00. The molecule has 5 nitrogen and oxygen atoms in total. The largest absolute Gasteiger partial charge is 0.444 e. The van der Waals surface area contributed by atoms with Crippen molar-refractivity contribution < 1.29 is 14.3 Å². The molecule has 0 aliphatic heterocycles. The molecule has 1 saturated carbocycles. The first kappa shape index (κ1) is 18.8. The summed E-state index contributed by atoms with van der Waals surface area (Å²) in [4.78, 5) is 26.4. The first-order valence-electron chi connectivity index (χ1n) is 7.61. The van der Waals surface area contributed by atoms with Gasteiger partial charge in [0.1, 0.15) is 5.60 Å².